The molecule has 3 heteroatoms. The first-order valence-corrected chi connectivity index (χ1v) is 6.89. The van der Waals surface area contributed by atoms with Crippen molar-refractivity contribution in [2.24, 2.45) is 0 Å². The fraction of sp³-hybridized carbons (Fsp3) is 0.294. The molecule has 3 rings (SSSR count). The van der Waals surface area contributed by atoms with Crippen LogP contribution in [0.15, 0.2) is 42.5 Å². The van der Waals surface area contributed by atoms with Gasteiger partial charge in [0.05, 0.1) is 19.3 Å². The largest absolute Gasteiger partial charge is 0.496 e. The van der Waals surface area contributed by atoms with Crippen LogP contribution in [0, 0.1) is 6.92 Å². The van der Waals surface area contributed by atoms with Crippen molar-refractivity contribution < 1.29 is 9.47 Å². The number of aryl methyl sites for hydroxylation is 1. The molecule has 0 radical (unpaired) electrons. The Hall–Kier alpha value is -2.16. The third-order valence-corrected chi connectivity index (χ3v) is 3.59. The number of nitrogens with one attached hydrogen (secondary N) is 1. The summed E-state index contributed by atoms with van der Waals surface area (Å²) in [5.41, 5.74) is 3.50. The highest BCUT2D eigenvalue weighted by Gasteiger charge is 2.20. The van der Waals surface area contributed by atoms with Crippen molar-refractivity contribution in [1.29, 1.82) is 0 Å². The molecule has 3 nitrogen and oxygen atoms in total. The second-order valence-electron chi connectivity index (χ2n) is 5.14. The fourth-order valence-corrected chi connectivity index (χ4v) is 2.56. The van der Waals surface area contributed by atoms with Crippen molar-refractivity contribution in [3.05, 3.63) is 53.6 Å². The zero-order valence-electron chi connectivity index (χ0n) is 11.8. The number of rotatable bonds is 3. The van der Waals surface area contributed by atoms with Crippen LogP contribution in [0.4, 0.5) is 5.69 Å². The monoisotopic (exact) mass is 269 g/mol. The van der Waals surface area contributed by atoms with Gasteiger partial charge in [0.1, 0.15) is 17.6 Å². The number of fused-ring (bicyclic) bond motifs is 1. The Kier molecular flexibility index (Phi) is 3.50. The van der Waals surface area contributed by atoms with Crippen LogP contribution in [0.2, 0.25) is 0 Å². The first-order chi connectivity index (χ1) is 9.76. The van der Waals surface area contributed by atoms with E-state index in [1.807, 2.05) is 24.3 Å². The Labute approximate surface area is 119 Å². The van der Waals surface area contributed by atoms with E-state index in [-0.39, 0.29) is 6.10 Å². The Morgan fingerprint density at radius 3 is 2.95 bits per heavy atom. The maximum Gasteiger partial charge on any atom is 0.142 e. The second-order valence-corrected chi connectivity index (χ2v) is 5.14. The van der Waals surface area contributed by atoms with Crippen LogP contribution >= 0.6 is 0 Å². The molecule has 1 atom stereocenters. The summed E-state index contributed by atoms with van der Waals surface area (Å²) in [4.78, 5) is 0. The Morgan fingerprint density at radius 1 is 1.25 bits per heavy atom. The highest BCUT2D eigenvalue weighted by Crippen LogP contribution is 2.31. The van der Waals surface area contributed by atoms with E-state index in [4.69, 9.17) is 9.47 Å². The number of hydrogen-bond donors (Lipinski definition) is 1. The van der Waals surface area contributed by atoms with Crippen LogP contribution in [0.25, 0.3) is 0 Å². The van der Waals surface area contributed by atoms with Crippen LogP contribution in [0.1, 0.15) is 11.1 Å². The summed E-state index contributed by atoms with van der Waals surface area (Å²) in [5, 5.41) is 3.45. The van der Waals surface area contributed by atoms with Gasteiger partial charge in [0.25, 0.3) is 0 Å². The average molecular weight is 269 g/mol. The minimum Gasteiger partial charge on any atom is -0.496 e. The lowest BCUT2D eigenvalue weighted by atomic mass is 10.0. The van der Waals surface area contributed by atoms with Gasteiger partial charge in [-0.2, -0.15) is 0 Å². The lowest BCUT2D eigenvalue weighted by Gasteiger charge is -2.28. The van der Waals surface area contributed by atoms with Gasteiger partial charge in [-0.05, 0) is 36.2 Å². The van der Waals surface area contributed by atoms with Crippen LogP contribution in [0.3, 0.4) is 0 Å². The molecule has 1 N–H and O–H groups in total. The van der Waals surface area contributed by atoms with Gasteiger partial charge in [0.2, 0.25) is 0 Å². The van der Waals surface area contributed by atoms with Gasteiger partial charge in [-0.3, -0.25) is 0 Å². The smallest absolute Gasteiger partial charge is 0.142 e. The first-order valence-electron chi connectivity index (χ1n) is 6.89. The minimum absolute atomic E-state index is 0.126. The van der Waals surface area contributed by atoms with Crippen molar-refractivity contribution in [2.75, 3.05) is 19.0 Å². The molecule has 0 bridgehead atoms. The molecule has 0 saturated carbocycles. The van der Waals surface area contributed by atoms with Gasteiger partial charge in [-0.25, -0.2) is 0 Å². The highest BCUT2D eigenvalue weighted by atomic mass is 16.5. The Balaban J connectivity index is 1.76. The maximum absolute atomic E-state index is 6.07. The van der Waals surface area contributed by atoms with Gasteiger partial charge in [-0.15, -0.1) is 0 Å². The molecular weight excluding hydrogens is 250 g/mol. The molecule has 0 fully saturated rings. The number of ether oxygens (including phenoxy) is 2. The van der Waals surface area contributed by atoms with E-state index in [1.54, 1.807) is 7.11 Å². The molecular formula is C17H19NO2. The van der Waals surface area contributed by atoms with E-state index in [9.17, 15) is 0 Å². The molecule has 2 aromatic carbocycles. The van der Waals surface area contributed by atoms with Crippen LogP contribution in [-0.2, 0) is 6.42 Å². The van der Waals surface area contributed by atoms with Crippen molar-refractivity contribution >= 4 is 5.69 Å². The van der Waals surface area contributed by atoms with Gasteiger partial charge in [0, 0.05) is 6.42 Å². The van der Waals surface area contributed by atoms with Crippen LogP contribution < -0.4 is 14.8 Å². The topological polar surface area (TPSA) is 30.5 Å². The Morgan fingerprint density at radius 2 is 2.10 bits per heavy atom. The molecule has 20 heavy (non-hydrogen) atoms. The molecule has 0 saturated heterocycles. The molecule has 0 aliphatic carbocycles. The van der Waals surface area contributed by atoms with Crippen molar-refractivity contribution in [3.8, 4) is 11.5 Å². The van der Waals surface area contributed by atoms with Gasteiger partial charge in [0.15, 0.2) is 0 Å². The normalized spacial score (nSPS) is 16.8. The van der Waals surface area contributed by atoms with Crippen LogP contribution in [0.5, 0.6) is 11.5 Å². The summed E-state index contributed by atoms with van der Waals surface area (Å²) in [6.45, 7) is 2.90. The molecule has 104 valence electrons. The quantitative estimate of drug-likeness (QED) is 0.926. The SMILES string of the molecule is COc1ccccc1CC1CNc2cc(C)ccc2O1. The van der Waals surface area contributed by atoms with Crippen molar-refractivity contribution in [1.82, 2.24) is 0 Å². The summed E-state index contributed by atoms with van der Waals surface area (Å²) in [5.74, 6) is 1.85. The molecule has 0 aromatic heterocycles. The van der Waals surface area contributed by atoms with E-state index in [1.165, 1.54) is 11.1 Å². The predicted molar refractivity (Wildman–Crippen MR) is 80.8 cm³/mol. The number of methoxy groups -OCH3 is 1. The molecule has 0 spiro atoms. The van der Waals surface area contributed by atoms with Crippen LogP contribution in [-0.4, -0.2) is 19.8 Å². The summed E-state index contributed by atoms with van der Waals surface area (Å²) in [6.07, 6.45) is 0.964. The summed E-state index contributed by atoms with van der Waals surface area (Å²) >= 11 is 0. The van der Waals surface area contributed by atoms with Gasteiger partial charge >= 0.3 is 0 Å². The summed E-state index contributed by atoms with van der Waals surface area (Å²) < 4.78 is 11.5. The number of para-hydroxylation sites is 1. The maximum atomic E-state index is 6.07. The third kappa shape index (κ3) is 2.57. The highest BCUT2D eigenvalue weighted by molar-refractivity contribution is 5.59. The molecule has 0 amide bonds. The molecule has 1 unspecified atom stereocenters. The zero-order valence-corrected chi connectivity index (χ0v) is 11.8. The average Bonchev–Trinajstić information content (AvgIpc) is 2.48. The van der Waals surface area contributed by atoms with E-state index in [2.05, 4.69) is 30.4 Å². The Bertz CT molecular complexity index is 610. The number of anilines is 1. The molecule has 1 aliphatic heterocycles. The predicted octanol–water partition coefficient (Wildman–Crippen LogP) is 3.42. The van der Waals surface area contributed by atoms with E-state index in [0.29, 0.717) is 0 Å². The van der Waals surface area contributed by atoms with Crippen molar-refractivity contribution in [3.63, 3.8) is 0 Å². The molecule has 1 aliphatic rings. The zero-order chi connectivity index (χ0) is 13.9. The van der Waals surface area contributed by atoms with Crippen molar-refractivity contribution in [2.45, 2.75) is 19.4 Å². The summed E-state index contributed by atoms with van der Waals surface area (Å²) in [7, 11) is 1.71. The van der Waals surface area contributed by atoms with E-state index < -0.39 is 0 Å². The minimum atomic E-state index is 0.126. The fourth-order valence-electron chi connectivity index (χ4n) is 2.56. The van der Waals surface area contributed by atoms with E-state index in [0.717, 1.165) is 30.2 Å². The first kappa shape index (κ1) is 12.9. The number of hydrogen-bond acceptors (Lipinski definition) is 3. The molecule has 2 aromatic rings. The lowest BCUT2D eigenvalue weighted by Crippen LogP contribution is -2.32. The third-order valence-electron chi connectivity index (χ3n) is 3.59. The standard InChI is InChI=1S/C17H19NO2/c1-12-7-8-17-15(9-12)18-11-14(20-17)10-13-5-3-4-6-16(13)19-2/h3-9,14,18H,10-11H2,1-2H3. The van der Waals surface area contributed by atoms with Gasteiger partial charge < -0.3 is 14.8 Å². The second kappa shape index (κ2) is 5.45. The van der Waals surface area contributed by atoms with E-state index >= 15 is 0 Å². The lowest BCUT2D eigenvalue weighted by molar-refractivity contribution is 0.205. The molecule has 1 heterocycles. The van der Waals surface area contributed by atoms with Gasteiger partial charge in [-0.1, -0.05) is 24.3 Å². The number of benzene rings is 2. The summed E-state index contributed by atoms with van der Waals surface area (Å²) in [6, 6.07) is 14.3.